The Kier molecular flexibility index (Phi) is 4.87. The van der Waals surface area contributed by atoms with E-state index in [0.717, 1.165) is 49.3 Å². The molecule has 0 aromatic carbocycles. The van der Waals surface area contributed by atoms with Crippen molar-refractivity contribution in [2.24, 2.45) is 0 Å². The van der Waals surface area contributed by atoms with E-state index in [1.165, 1.54) is 11.3 Å². The number of thiophene rings is 1. The zero-order chi connectivity index (χ0) is 21.6. The maximum Gasteiger partial charge on any atom is 0.237 e. The molecule has 5 rings (SSSR count). The molecule has 3 aromatic heterocycles. The fraction of sp³-hybridized carbons (Fsp3) is 0.476. The average molecular weight is 437 g/mol. The summed E-state index contributed by atoms with van der Waals surface area (Å²) in [4.78, 5) is 17.2. The van der Waals surface area contributed by atoms with Gasteiger partial charge in [-0.05, 0) is 39.2 Å². The summed E-state index contributed by atoms with van der Waals surface area (Å²) in [6.07, 6.45) is 4.45. The number of nitriles is 1. The number of nitrogen functional groups attached to an aromatic ring is 1. The molecule has 0 unspecified atom stereocenters. The third kappa shape index (κ3) is 3.25. The topological polar surface area (TPSA) is 130 Å². The van der Waals surface area contributed by atoms with Crippen molar-refractivity contribution in [1.29, 1.82) is 5.26 Å². The van der Waals surface area contributed by atoms with Crippen LogP contribution in [0.25, 0.3) is 11.5 Å². The smallest absolute Gasteiger partial charge is 0.237 e. The number of nitrogens with zero attached hydrogens (tertiary/aromatic N) is 6. The number of aryl methyl sites for hydroxylation is 1. The lowest BCUT2D eigenvalue weighted by Gasteiger charge is -2.33. The fourth-order valence-electron chi connectivity index (χ4n) is 4.61. The molecule has 10 heteroatoms. The van der Waals surface area contributed by atoms with Crippen LogP contribution in [0, 0.1) is 11.3 Å². The van der Waals surface area contributed by atoms with Crippen LogP contribution >= 0.6 is 11.3 Å². The number of hydrogen-bond acceptors (Lipinski definition) is 10. The fourth-order valence-corrected chi connectivity index (χ4v) is 5.80. The summed E-state index contributed by atoms with van der Waals surface area (Å²) in [7, 11) is 0. The van der Waals surface area contributed by atoms with Gasteiger partial charge in [-0.2, -0.15) is 10.2 Å². The van der Waals surface area contributed by atoms with Crippen LogP contribution in [0.3, 0.4) is 0 Å². The molecule has 0 bridgehead atoms. The number of piperazine rings is 1. The molecule has 2 atom stereocenters. The van der Waals surface area contributed by atoms with Crippen molar-refractivity contribution in [2.45, 2.75) is 44.6 Å². The Balaban J connectivity index is 1.51. The number of aromatic nitrogens is 4. The van der Waals surface area contributed by atoms with E-state index < -0.39 is 5.41 Å². The first-order valence-electron chi connectivity index (χ1n) is 10.5. The van der Waals surface area contributed by atoms with E-state index in [4.69, 9.17) is 20.2 Å². The molecule has 3 aromatic rings. The minimum atomic E-state index is -0.541. The van der Waals surface area contributed by atoms with Gasteiger partial charge < -0.3 is 20.5 Å². The van der Waals surface area contributed by atoms with Gasteiger partial charge in [-0.25, -0.2) is 9.97 Å². The highest BCUT2D eigenvalue weighted by Gasteiger charge is 2.43. The van der Waals surface area contributed by atoms with Gasteiger partial charge in [0.2, 0.25) is 17.7 Å². The summed E-state index contributed by atoms with van der Waals surface area (Å²) in [5.74, 6) is 1.59. The van der Waals surface area contributed by atoms with Gasteiger partial charge >= 0.3 is 0 Å². The molecular formula is C21H24N8OS. The predicted molar refractivity (Wildman–Crippen MR) is 118 cm³/mol. The van der Waals surface area contributed by atoms with Crippen LogP contribution in [-0.4, -0.2) is 45.8 Å². The molecule has 0 amide bonds. The maximum atomic E-state index is 9.69. The second-order valence-electron chi connectivity index (χ2n) is 8.35. The molecular weight excluding hydrogens is 412 g/mol. The second kappa shape index (κ2) is 7.59. The van der Waals surface area contributed by atoms with Crippen molar-refractivity contribution >= 4 is 22.3 Å². The first-order chi connectivity index (χ1) is 15.0. The van der Waals surface area contributed by atoms with Gasteiger partial charge in [-0.15, -0.1) is 11.3 Å². The van der Waals surface area contributed by atoms with Gasteiger partial charge in [0.05, 0.1) is 11.0 Å². The van der Waals surface area contributed by atoms with Crippen LogP contribution < -0.4 is 16.0 Å². The predicted octanol–water partition coefficient (Wildman–Crippen LogP) is 2.48. The molecule has 0 saturated carbocycles. The van der Waals surface area contributed by atoms with Gasteiger partial charge in [-0.1, -0.05) is 5.16 Å². The summed E-state index contributed by atoms with van der Waals surface area (Å²) >= 11 is 1.49. The molecule has 1 aliphatic heterocycles. The molecule has 4 heterocycles. The van der Waals surface area contributed by atoms with E-state index in [1.807, 2.05) is 0 Å². The first-order valence-corrected chi connectivity index (χ1v) is 11.3. The first kappa shape index (κ1) is 19.9. The van der Waals surface area contributed by atoms with Crippen molar-refractivity contribution < 1.29 is 4.52 Å². The van der Waals surface area contributed by atoms with Crippen LogP contribution in [0.2, 0.25) is 0 Å². The van der Waals surface area contributed by atoms with Gasteiger partial charge in [0.1, 0.15) is 16.8 Å². The molecule has 9 nitrogen and oxygen atoms in total. The largest absolute Gasteiger partial charge is 0.389 e. The lowest BCUT2D eigenvalue weighted by Crippen LogP contribution is -2.50. The standard InChI is InChI=1S/C21H24N8OS/c1-12-11-24-8-9-29(12)20-25-7-5-14(26-20)18-27-19(30-28-18)21(2)6-3-4-15-16(21)13(10-22)17(23)31-15/h5,7,12,24H,3-4,6,8-9,11,23H2,1-2H3/t12-,21-/m0/s1. The van der Waals surface area contributed by atoms with Gasteiger partial charge in [-0.3, -0.25) is 0 Å². The molecule has 160 valence electrons. The van der Waals surface area contributed by atoms with E-state index in [9.17, 15) is 5.26 Å². The molecule has 1 aliphatic carbocycles. The Morgan fingerprint density at radius 2 is 2.29 bits per heavy atom. The van der Waals surface area contributed by atoms with Crippen molar-refractivity contribution in [3.05, 3.63) is 34.2 Å². The molecule has 1 fully saturated rings. The van der Waals surface area contributed by atoms with Gasteiger partial charge in [0.15, 0.2) is 0 Å². The Labute approximate surface area is 184 Å². The van der Waals surface area contributed by atoms with Gasteiger partial charge in [0, 0.05) is 42.3 Å². The molecule has 3 N–H and O–H groups in total. The number of hydrogen-bond donors (Lipinski definition) is 2. The van der Waals surface area contributed by atoms with Crippen molar-refractivity contribution in [2.75, 3.05) is 30.3 Å². The average Bonchev–Trinajstić information content (AvgIpc) is 3.40. The Hall–Kier alpha value is -3.03. The summed E-state index contributed by atoms with van der Waals surface area (Å²) in [5, 5.41) is 17.9. The zero-order valence-corrected chi connectivity index (χ0v) is 18.4. The molecule has 2 aliphatic rings. The maximum absolute atomic E-state index is 9.69. The van der Waals surface area contributed by atoms with E-state index >= 15 is 0 Å². The van der Waals surface area contributed by atoms with Crippen LogP contribution in [0.15, 0.2) is 16.8 Å². The monoisotopic (exact) mass is 436 g/mol. The van der Waals surface area contributed by atoms with E-state index in [-0.39, 0.29) is 0 Å². The van der Waals surface area contributed by atoms with Crippen LogP contribution in [0.5, 0.6) is 0 Å². The number of nitrogens with one attached hydrogen (secondary N) is 1. The Morgan fingerprint density at radius 1 is 1.42 bits per heavy atom. The minimum absolute atomic E-state index is 0.304. The number of anilines is 2. The van der Waals surface area contributed by atoms with E-state index in [0.29, 0.717) is 40.0 Å². The normalized spacial score (nSPS) is 23.4. The van der Waals surface area contributed by atoms with E-state index in [1.54, 1.807) is 12.3 Å². The highest BCUT2D eigenvalue weighted by Crippen LogP contribution is 2.48. The Bertz CT molecular complexity index is 1160. The van der Waals surface area contributed by atoms with Crippen molar-refractivity contribution in [1.82, 2.24) is 25.4 Å². The summed E-state index contributed by atoms with van der Waals surface area (Å²) in [6.45, 7) is 6.85. The third-order valence-electron chi connectivity index (χ3n) is 6.28. The number of rotatable bonds is 3. The second-order valence-corrected chi connectivity index (χ2v) is 9.49. The molecule has 0 spiro atoms. The highest BCUT2D eigenvalue weighted by atomic mass is 32.1. The Morgan fingerprint density at radius 3 is 3.10 bits per heavy atom. The number of nitrogens with two attached hydrogens (primary N) is 1. The molecule has 0 radical (unpaired) electrons. The third-order valence-corrected chi connectivity index (χ3v) is 7.36. The quantitative estimate of drug-likeness (QED) is 0.636. The van der Waals surface area contributed by atoms with Crippen molar-refractivity contribution in [3.8, 4) is 17.6 Å². The minimum Gasteiger partial charge on any atom is -0.389 e. The zero-order valence-electron chi connectivity index (χ0n) is 17.6. The lowest BCUT2D eigenvalue weighted by molar-refractivity contribution is 0.300. The van der Waals surface area contributed by atoms with Crippen molar-refractivity contribution in [3.63, 3.8) is 0 Å². The van der Waals surface area contributed by atoms with Crippen LogP contribution in [0.4, 0.5) is 10.9 Å². The summed E-state index contributed by atoms with van der Waals surface area (Å²) < 4.78 is 5.74. The molecule has 31 heavy (non-hydrogen) atoms. The van der Waals surface area contributed by atoms with E-state index in [2.05, 4.69) is 40.3 Å². The summed E-state index contributed by atoms with van der Waals surface area (Å²) in [6, 6.07) is 4.38. The SMILES string of the molecule is C[C@H]1CNCCN1c1nccc(-c2noc([C@@]3(C)CCCc4sc(N)c(C#N)c43)n2)n1. The number of fused-ring (bicyclic) bond motifs is 1. The highest BCUT2D eigenvalue weighted by molar-refractivity contribution is 7.16. The molecule has 1 saturated heterocycles. The summed E-state index contributed by atoms with van der Waals surface area (Å²) in [5.41, 5.74) is 7.69. The van der Waals surface area contributed by atoms with Gasteiger partial charge in [0.25, 0.3) is 0 Å². The van der Waals surface area contributed by atoms with Crippen LogP contribution in [-0.2, 0) is 11.8 Å². The lowest BCUT2D eigenvalue weighted by atomic mass is 9.72. The van der Waals surface area contributed by atoms with Crippen LogP contribution in [0.1, 0.15) is 48.6 Å².